The summed E-state index contributed by atoms with van der Waals surface area (Å²) >= 11 is 6.01. The van der Waals surface area contributed by atoms with Crippen LogP contribution < -0.4 is 14.2 Å². The molecule has 0 aliphatic rings. The van der Waals surface area contributed by atoms with Crippen LogP contribution >= 0.6 is 11.6 Å². The first-order chi connectivity index (χ1) is 10.6. The number of halogens is 1. The van der Waals surface area contributed by atoms with Crippen LogP contribution in [-0.4, -0.2) is 30.2 Å². The Morgan fingerprint density at radius 1 is 1.18 bits per heavy atom. The molecular weight excluding hydrogens is 308 g/mol. The molecule has 22 heavy (non-hydrogen) atoms. The minimum Gasteiger partial charge on any atom is -0.480 e. The molecule has 0 saturated carbocycles. The van der Waals surface area contributed by atoms with E-state index in [2.05, 4.69) is 9.97 Å². The molecule has 0 aliphatic heterocycles. The molecule has 1 aromatic heterocycles. The van der Waals surface area contributed by atoms with Gasteiger partial charge >= 0.3 is 12.0 Å². The van der Waals surface area contributed by atoms with E-state index in [0.717, 1.165) is 5.56 Å². The van der Waals surface area contributed by atoms with E-state index in [0.29, 0.717) is 10.6 Å². The Morgan fingerprint density at radius 2 is 1.82 bits per heavy atom. The van der Waals surface area contributed by atoms with Crippen LogP contribution in [0.5, 0.6) is 17.8 Å². The second kappa shape index (κ2) is 7.09. The maximum absolute atomic E-state index is 11.4. The number of carbonyl (C=O) groups is 1. The third-order valence-corrected chi connectivity index (χ3v) is 3.05. The summed E-state index contributed by atoms with van der Waals surface area (Å²) < 4.78 is 15.6. The van der Waals surface area contributed by atoms with Gasteiger partial charge in [-0.15, -0.1) is 0 Å². The van der Waals surface area contributed by atoms with Crippen LogP contribution in [0.2, 0.25) is 5.02 Å². The van der Waals surface area contributed by atoms with Crippen molar-refractivity contribution < 1.29 is 19.0 Å². The average molecular weight is 323 g/mol. The minimum atomic E-state index is -0.445. The molecule has 0 radical (unpaired) electrons. The molecule has 0 bridgehead atoms. The van der Waals surface area contributed by atoms with Gasteiger partial charge in [0.2, 0.25) is 11.8 Å². The maximum atomic E-state index is 11.4. The summed E-state index contributed by atoms with van der Waals surface area (Å²) in [7, 11) is 2.92. The highest BCUT2D eigenvalue weighted by Gasteiger charge is 2.20. The molecule has 0 fully saturated rings. The molecular formula is C15H15ClN2O4. The number of aromatic nitrogens is 2. The summed E-state index contributed by atoms with van der Waals surface area (Å²) in [5.41, 5.74) is 1.26. The highest BCUT2D eigenvalue weighted by Crippen LogP contribution is 2.38. The second-order valence-electron chi connectivity index (χ2n) is 4.24. The van der Waals surface area contributed by atoms with E-state index in [1.165, 1.54) is 14.2 Å². The number of carbonyl (C=O) groups excluding carboxylic acids is 1. The highest BCUT2D eigenvalue weighted by atomic mass is 35.5. The van der Waals surface area contributed by atoms with Crippen molar-refractivity contribution in [3.8, 4) is 28.9 Å². The van der Waals surface area contributed by atoms with Crippen molar-refractivity contribution in [1.29, 1.82) is 0 Å². The average Bonchev–Trinajstić information content (AvgIpc) is 2.53. The van der Waals surface area contributed by atoms with E-state index in [1.807, 2.05) is 6.07 Å². The molecule has 1 aromatic carbocycles. The molecule has 0 spiro atoms. The molecule has 6 nitrogen and oxygen atoms in total. The predicted molar refractivity (Wildman–Crippen MR) is 81.5 cm³/mol. The van der Waals surface area contributed by atoms with E-state index < -0.39 is 5.97 Å². The van der Waals surface area contributed by atoms with E-state index >= 15 is 0 Å². The van der Waals surface area contributed by atoms with Gasteiger partial charge in [0.15, 0.2) is 0 Å². The van der Waals surface area contributed by atoms with Crippen LogP contribution in [0.3, 0.4) is 0 Å². The number of rotatable bonds is 5. The van der Waals surface area contributed by atoms with Gasteiger partial charge in [-0.3, -0.25) is 4.79 Å². The lowest BCUT2D eigenvalue weighted by molar-refractivity contribution is -0.134. The highest BCUT2D eigenvalue weighted by molar-refractivity contribution is 6.30. The van der Waals surface area contributed by atoms with Gasteiger partial charge in [-0.2, -0.15) is 9.97 Å². The summed E-state index contributed by atoms with van der Waals surface area (Å²) in [5.74, 6) is 0.0145. The number of hydrogen-bond acceptors (Lipinski definition) is 6. The van der Waals surface area contributed by atoms with Gasteiger partial charge in [-0.1, -0.05) is 30.7 Å². The largest absolute Gasteiger partial charge is 0.480 e. The molecule has 0 unspecified atom stereocenters. The van der Waals surface area contributed by atoms with E-state index in [4.69, 9.17) is 25.8 Å². The van der Waals surface area contributed by atoms with Crippen molar-refractivity contribution >= 4 is 17.6 Å². The lowest BCUT2D eigenvalue weighted by atomic mass is 10.1. The zero-order valence-electron chi connectivity index (χ0n) is 12.4. The van der Waals surface area contributed by atoms with Crippen molar-refractivity contribution in [2.45, 2.75) is 13.3 Å². The lowest BCUT2D eigenvalue weighted by Gasteiger charge is -2.13. The Bertz CT molecular complexity index is 666. The van der Waals surface area contributed by atoms with Gasteiger partial charge < -0.3 is 14.2 Å². The fraction of sp³-hybridized carbons (Fsp3) is 0.267. The summed E-state index contributed by atoms with van der Waals surface area (Å²) in [4.78, 5) is 19.6. The van der Waals surface area contributed by atoms with Crippen molar-refractivity contribution in [1.82, 2.24) is 9.97 Å². The fourth-order valence-corrected chi connectivity index (χ4v) is 2.00. The number of ether oxygens (including phenoxy) is 3. The summed E-state index contributed by atoms with van der Waals surface area (Å²) in [6.45, 7) is 1.68. The normalized spacial score (nSPS) is 10.2. The third kappa shape index (κ3) is 3.46. The zero-order chi connectivity index (χ0) is 16.1. The number of nitrogens with zero attached hydrogens (tertiary/aromatic N) is 2. The Hall–Kier alpha value is -2.34. The van der Waals surface area contributed by atoms with Gasteiger partial charge in [0.05, 0.1) is 14.2 Å². The van der Waals surface area contributed by atoms with E-state index in [1.54, 1.807) is 25.1 Å². The van der Waals surface area contributed by atoms with Crippen molar-refractivity contribution in [2.24, 2.45) is 0 Å². The van der Waals surface area contributed by atoms with Gasteiger partial charge in [0, 0.05) is 11.4 Å². The van der Waals surface area contributed by atoms with Crippen LogP contribution in [0.4, 0.5) is 0 Å². The van der Waals surface area contributed by atoms with E-state index in [9.17, 15) is 4.79 Å². The van der Waals surface area contributed by atoms with Gasteiger partial charge in [0.1, 0.15) is 5.56 Å². The monoisotopic (exact) mass is 322 g/mol. The topological polar surface area (TPSA) is 70.5 Å². The first kappa shape index (κ1) is 16.0. The number of benzene rings is 1. The van der Waals surface area contributed by atoms with Crippen molar-refractivity contribution in [2.75, 3.05) is 14.2 Å². The molecule has 1 heterocycles. The van der Waals surface area contributed by atoms with Crippen molar-refractivity contribution in [3.05, 3.63) is 29.3 Å². The SMILES string of the molecule is CCC(=O)Oc1nc(OC)c(-c2cccc(Cl)c2)c(OC)n1. The third-order valence-electron chi connectivity index (χ3n) is 2.82. The predicted octanol–water partition coefficient (Wildman–Crippen LogP) is 3.13. The Labute approximate surface area is 133 Å². The van der Waals surface area contributed by atoms with Crippen LogP contribution in [0.1, 0.15) is 13.3 Å². The number of esters is 1. The second-order valence-corrected chi connectivity index (χ2v) is 4.67. The molecule has 116 valence electrons. The molecule has 0 atom stereocenters. The summed E-state index contributed by atoms with van der Waals surface area (Å²) in [6.07, 6.45) is 0.212. The first-order valence-electron chi connectivity index (χ1n) is 6.55. The minimum absolute atomic E-state index is 0.119. The first-order valence-corrected chi connectivity index (χ1v) is 6.93. The van der Waals surface area contributed by atoms with Crippen LogP contribution in [0.15, 0.2) is 24.3 Å². The van der Waals surface area contributed by atoms with Crippen molar-refractivity contribution in [3.63, 3.8) is 0 Å². The number of methoxy groups -OCH3 is 2. The molecule has 0 amide bonds. The molecule has 2 aromatic rings. The number of hydrogen-bond donors (Lipinski definition) is 0. The molecule has 0 saturated heterocycles. The Morgan fingerprint density at radius 3 is 2.32 bits per heavy atom. The molecule has 2 rings (SSSR count). The quantitative estimate of drug-likeness (QED) is 0.788. The molecule has 7 heteroatoms. The van der Waals surface area contributed by atoms with Gasteiger partial charge in [-0.25, -0.2) is 0 Å². The smallest absolute Gasteiger partial charge is 0.330 e. The fourth-order valence-electron chi connectivity index (χ4n) is 1.81. The van der Waals surface area contributed by atoms with Crippen LogP contribution in [0.25, 0.3) is 11.1 Å². The van der Waals surface area contributed by atoms with Crippen LogP contribution in [-0.2, 0) is 4.79 Å². The summed E-state index contributed by atoms with van der Waals surface area (Å²) in [5, 5.41) is 0.558. The van der Waals surface area contributed by atoms with Gasteiger partial charge in [0.25, 0.3) is 0 Å². The van der Waals surface area contributed by atoms with Gasteiger partial charge in [-0.05, 0) is 17.7 Å². The molecule has 0 N–H and O–H groups in total. The summed E-state index contributed by atoms with van der Waals surface area (Å²) in [6, 6.07) is 6.99. The lowest BCUT2D eigenvalue weighted by Crippen LogP contribution is -2.10. The van der Waals surface area contributed by atoms with E-state index in [-0.39, 0.29) is 24.2 Å². The Kier molecular flexibility index (Phi) is 5.16. The molecule has 0 aliphatic carbocycles. The Balaban J connectivity index is 2.56. The zero-order valence-corrected chi connectivity index (χ0v) is 13.2. The van der Waals surface area contributed by atoms with Crippen LogP contribution in [0, 0.1) is 0 Å². The maximum Gasteiger partial charge on any atom is 0.330 e. The standard InChI is InChI=1S/C15H15ClN2O4/c1-4-11(19)22-15-17-13(20-2)12(14(18-15)21-3)9-6-5-7-10(16)8-9/h5-8H,4H2,1-3H3.